The molecule has 20 heavy (non-hydrogen) atoms. The van der Waals surface area contributed by atoms with E-state index in [1.54, 1.807) is 11.8 Å². The Labute approximate surface area is 124 Å². The van der Waals surface area contributed by atoms with Crippen molar-refractivity contribution in [3.8, 4) is 5.75 Å². The molecule has 0 aliphatic heterocycles. The summed E-state index contributed by atoms with van der Waals surface area (Å²) >= 11 is 1.78. The molecule has 2 N–H and O–H groups in total. The molecule has 5 heteroatoms. The van der Waals surface area contributed by atoms with Crippen LogP contribution in [0.15, 0.2) is 23.4 Å². The molecule has 0 aliphatic rings. The number of ether oxygens (including phenoxy) is 1. The summed E-state index contributed by atoms with van der Waals surface area (Å²) in [6.07, 6.45) is 1.11. The molecule has 0 bridgehead atoms. The number of aromatic amines is 1. The van der Waals surface area contributed by atoms with Crippen molar-refractivity contribution in [2.45, 2.75) is 43.6 Å². The highest BCUT2D eigenvalue weighted by Gasteiger charge is 2.16. The number of rotatable bonds is 7. The second kappa shape index (κ2) is 6.99. The van der Waals surface area contributed by atoms with E-state index in [4.69, 9.17) is 4.74 Å². The number of thioether (sulfide) groups is 1. The summed E-state index contributed by atoms with van der Waals surface area (Å²) < 4.78 is 5.51. The first-order valence-electron chi connectivity index (χ1n) is 7.14. The second-order valence-electron chi connectivity index (χ2n) is 4.78. The average Bonchev–Trinajstić information content (AvgIpc) is 2.82. The minimum Gasteiger partial charge on any atom is -0.494 e. The monoisotopic (exact) mass is 293 g/mol. The topological polar surface area (TPSA) is 49.9 Å². The molecule has 2 unspecified atom stereocenters. The first-order valence-corrected chi connectivity index (χ1v) is 8.02. The second-order valence-corrected chi connectivity index (χ2v) is 6.15. The van der Waals surface area contributed by atoms with Gasteiger partial charge in [-0.2, -0.15) is 0 Å². The Morgan fingerprint density at radius 2 is 2.20 bits per heavy atom. The van der Waals surface area contributed by atoms with Crippen molar-refractivity contribution in [3.05, 3.63) is 18.2 Å². The van der Waals surface area contributed by atoms with Gasteiger partial charge in [-0.05, 0) is 32.5 Å². The normalized spacial score (nSPS) is 14.4. The number of imidazole rings is 1. The van der Waals surface area contributed by atoms with Gasteiger partial charge in [-0.25, -0.2) is 4.98 Å². The number of benzene rings is 1. The lowest BCUT2D eigenvalue weighted by Gasteiger charge is -2.20. The largest absolute Gasteiger partial charge is 0.494 e. The smallest absolute Gasteiger partial charge is 0.166 e. The lowest BCUT2D eigenvalue weighted by atomic mass is 10.2. The summed E-state index contributed by atoms with van der Waals surface area (Å²) in [4.78, 5) is 8.00. The number of hydrogen-bond donors (Lipinski definition) is 2. The number of nitrogens with one attached hydrogen (secondary N) is 2. The van der Waals surface area contributed by atoms with Crippen molar-refractivity contribution in [1.82, 2.24) is 15.3 Å². The number of nitrogens with zero attached hydrogens (tertiary/aromatic N) is 1. The van der Waals surface area contributed by atoms with Crippen LogP contribution < -0.4 is 10.1 Å². The fourth-order valence-electron chi connectivity index (χ4n) is 2.31. The zero-order chi connectivity index (χ0) is 14.5. The van der Waals surface area contributed by atoms with Crippen molar-refractivity contribution in [2.75, 3.05) is 13.7 Å². The molecule has 110 valence electrons. The molecule has 4 nitrogen and oxygen atoms in total. The van der Waals surface area contributed by atoms with E-state index >= 15 is 0 Å². The zero-order valence-electron chi connectivity index (χ0n) is 12.6. The molecule has 0 fully saturated rings. The molecule has 2 atom stereocenters. The van der Waals surface area contributed by atoms with Gasteiger partial charge in [0.2, 0.25) is 0 Å². The Kier molecular flexibility index (Phi) is 5.31. The highest BCUT2D eigenvalue weighted by molar-refractivity contribution is 7.99. The molecule has 1 heterocycles. The van der Waals surface area contributed by atoms with Crippen LogP contribution in [0.2, 0.25) is 0 Å². The third-order valence-corrected chi connectivity index (χ3v) is 4.53. The minimum atomic E-state index is 0.469. The third kappa shape index (κ3) is 3.46. The highest BCUT2D eigenvalue weighted by atomic mass is 32.2. The molecular formula is C15H23N3OS. The van der Waals surface area contributed by atoms with Gasteiger partial charge in [0.15, 0.2) is 5.16 Å². The maximum Gasteiger partial charge on any atom is 0.166 e. The number of H-pyrrole nitrogens is 1. The van der Waals surface area contributed by atoms with Crippen LogP contribution in [-0.4, -0.2) is 34.9 Å². The summed E-state index contributed by atoms with van der Waals surface area (Å²) in [5, 5.41) is 4.79. The molecule has 0 amide bonds. The van der Waals surface area contributed by atoms with E-state index in [9.17, 15) is 0 Å². The molecule has 0 saturated carbocycles. The van der Waals surface area contributed by atoms with Crippen LogP contribution in [0, 0.1) is 0 Å². The first kappa shape index (κ1) is 15.2. The van der Waals surface area contributed by atoms with Gasteiger partial charge in [0.25, 0.3) is 0 Å². The zero-order valence-corrected chi connectivity index (χ0v) is 13.4. The Hall–Kier alpha value is -1.20. The molecule has 0 saturated heterocycles. The molecule has 0 radical (unpaired) electrons. The summed E-state index contributed by atoms with van der Waals surface area (Å²) in [6, 6.07) is 6.47. The van der Waals surface area contributed by atoms with Gasteiger partial charge in [-0.15, -0.1) is 0 Å². The number of hydrogen-bond acceptors (Lipinski definition) is 4. The van der Waals surface area contributed by atoms with Crippen molar-refractivity contribution >= 4 is 22.8 Å². The summed E-state index contributed by atoms with van der Waals surface area (Å²) in [5.41, 5.74) is 2.02. The van der Waals surface area contributed by atoms with E-state index in [1.165, 1.54) is 0 Å². The molecule has 0 aliphatic carbocycles. The van der Waals surface area contributed by atoms with Gasteiger partial charge in [0.1, 0.15) is 5.75 Å². The maximum absolute atomic E-state index is 5.51. The van der Waals surface area contributed by atoms with Crippen LogP contribution >= 0.6 is 11.8 Å². The third-order valence-electron chi connectivity index (χ3n) is 3.42. The van der Waals surface area contributed by atoms with Crippen molar-refractivity contribution < 1.29 is 4.74 Å². The summed E-state index contributed by atoms with van der Waals surface area (Å²) in [6.45, 7) is 7.10. The Balaban J connectivity index is 2.15. The van der Waals surface area contributed by atoms with Crippen LogP contribution in [0.4, 0.5) is 0 Å². The van der Waals surface area contributed by atoms with Gasteiger partial charge in [0, 0.05) is 17.4 Å². The van der Waals surface area contributed by atoms with E-state index in [1.807, 2.05) is 32.2 Å². The van der Waals surface area contributed by atoms with Crippen molar-refractivity contribution in [2.24, 2.45) is 0 Å². The molecule has 0 spiro atoms. The van der Waals surface area contributed by atoms with Gasteiger partial charge in [-0.1, -0.05) is 25.6 Å². The molecule has 1 aromatic carbocycles. The van der Waals surface area contributed by atoms with Crippen LogP contribution in [0.25, 0.3) is 11.0 Å². The Morgan fingerprint density at radius 1 is 1.40 bits per heavy atom. The summed E-state index contributed by atoms with van der Waals surface area (Å²) in [7, 11) is 2.01. The predicted octanol–water partition coefficient (Wildman–Crippen LogP) is 3.44. The van der Waals surface area contributed by atoms with Crippen molar-refractivity contribution in [1.29, 1.82) is 0 Å². The Morgan fingerprint density at radius 3 is 2.85 bits per heavy atom. The molecule has 1 aromatic heterocycles. The lowest BCUT2D eigenvalue weighted by molar-refractivity contribution is 0.340. The first-order chi connectivity index (χ1) is 9.67. The molecule has 2 aromatic rings. The Bertz CT molecular complexity index is 551. The number of aromatic nitrogens is 2. The maximum atomic E-state index is 5.51. The lowest BCUT2D eigenvalue weighted by Crippen LogP contribution is -2.33. The standard InChI is InChI=1S/C15H23N3OS/c1-5-12(16-4)10(3)20-15-17-13-8-7-11(19-6-2)9-14(13)18-15/h7-10,12,16H,5-6H2,1-4H3,(H,17,18). The SMILES string of the molecule is CCOc1ccc2nc(SC(C)C(CC)NC)[nH]c2c1. The highest BCUT2D eigenvalue weighted by Crippen LogP contribution is 2.27. The van der Waals surface area contributed by atoms with E-state index in [0.29, 0.717) is 17.9 Å². The van der Waals surface area contributed by atoms with Crippen molar-refractivity contribution in [3.63, 3.8) is 0 Å². The van der Waals surface area contributed by atoms with E-state index < -0.39 is 0 Å². The van der Waals surface area contributed by atoms with Gasteiger partial charge in [0.05, 0.1) is 17.6 Å². The van der Waals surface area contributed by atoms with Crippen LogP contribution in [0.3, 0.4) is 0 Å². The quantitative estimate of drug-likeness (QED) is 0.768. The molecular weight excluding hydrogens is 270 g/mol. The van der Waals surface area contributed by atoms with Gasteiger partial charge < -0.3 is 15.0 Å². The molecule has 2 rings (SSSR count). The van der Waals surface area contributed by atoms with E-state index in [2.05, 4.69) is 29.1 Å². The summed E-state index contributed by atoms with van der Waals surface area (Å²) in [5.74, 6) is 0.884. The number of fused-ring (bicyclic) bond motifs is 1. The van der Waals surface area contributed by atoms with E-state index in [-0.39, 0.29) is 0 Å². The predicted molar refractivity (Wildman–Crippen MR) is 85.7 cm³/mol. The van der Waals surface area contributed by atoms with E-state index in [0.717, 1.165) is 28.4 Å². The van der Waals surface area contributed by atoms with Crippen LogP contribution in [-0.2, 0) is 0 Å². The fraction of sp³-hybridized carbons (Fsp3) is 0.533. The van der Waals surface area contributed by atoms with Crippen LogP contribution in [0.1, 0.15) is 27.2 Å². The average molecular weight is 293 g/mol. The van der Waals surface area contributed by atoms with Crippen LogP contribution in [0.5, 0.6) is 5.75 Å². The minimum absolute atomic E-state index is 0.469. The van der Waals surface area contributed by atoms with Gasteiger partial charge in [-0.3, -0.25) is 0 Å². The van der Waals surface area contributed by atoms with Gasteiger partial charge >= 0.3 is 0 Å². The fourth-order valence-corrected chi connectivity index (χ4v) is 3.47.